The van der Waals surface area contributed by atoms with E-state index in [-0.39, 0.29) is 41.8 Å². The van der Waals surface area contributed by atoms with Gasteiger partial charge in [0.05, 0.1) is 32.8 Å². The molecular weight excluding hydrogens is 508 g/mol. The second kappa shape index (κ2) is 11.7. The standard InChI is InChI=1S/C27H26F4N2O5/c1-36-19-7-8-23(28)22(12-19)25-26(37-10-9-27(29,30)31)33-18(14-32-25)15-38-20-4-2-3-17(11-20)21(13-24(34)35)16-5-6-16/h2-4,7-8,11-12,14,16,21H,5-6,9-10,13,15H2,1H3,(H,34,35). The molecule has 0 spiro atoms. The first-order chi connectivity index (χ1) is 18.1. The van der Waals surface area contributed by atoms with Crippen molar-refractivity contribution in [1.82, 2.24) is 9.97 Å². The SMILES string of the molecule is COc1ccc(F)c(-c2ncc(COc3cccc(C(CC(=O)O)C4CC4)c3)nc2OCCC(F)(F)F)c1. The second-order valence-corrected chi connectivity index (χ2v) is 8.98. The number of carbonyl (C=O) groups is 1. The van der Waals surface area contributed by atoms with Crippen molar-refractivity contribution in [2.24, 2.45) is 5.92 Å². The van der Waals surface area contributed by atoms with E-state index in [1.54, 1.807) is 18.2 Å². The van der Waals surface area contributed by atoms with Gasteiger partial charge in [0, 0.05) is 5.56 Å². The maximum atomic E-state index is 14.6. The number of nitrogens with zero attached hydrogens (tertiary/aromatic N) is 2. The molecule has 1 heterocycles. The average molecular weight is 535 g/mol. The van der Waals surface area contributed by atoms with Gasteiger partial charge in [-0.15, -0.1) is 0 Å². The number of aromatic nitrogens is 2. The molecule has 11 heteroatoms. The van der Waals surface area contributed by atoms with Crippen molar-refractivity contribution >= 4 is 5.97 Å². The van der Waals surface area contributed by atoms with Gasteiger partial charge < -0.3 is 19.3 Å². The number of alkyl halides is 3. The summed E-state index contributed by atoms with van der Waals surface area (Å²) in [7, 11) is 1.40. The second-order valence-electron chi connectivity index (χ2n) is 8.98. The average Bonchev–Trinajstić information content (AvgIpc) is 3.71. The van der Waals surface area contributed by atoms with E-state index in [0.717, 1.165) is 24.5 Å². The Bertz CT molecular complexity index is 1280. The predicted molar refractivity (Wildman–Crippen MR) is 129 cm³/mol. The first kappa shape index (κ1) is 27.2. The molecule has 1 unspecified atom stereocenters. The number of rotatable bonds is 12. The van der Waals surface area contributed by atoms with Gasteiger partial charge >= 0.3 is 12.1 Å². The van der Waals surface area contributed by atoms with E-state index in [0.29, 0.717) is 17.4 Å². The number of ether oxygens (including phenoxy) is 3. The molecule has 1 aliphatic rings. The van der Waals surface area contributed by atoms with Gasteiger partial charge in [0.1, 0.15) is 35.3 Å². The lowest BCUT2D eigenvalue weighted by Crippen LogP contribution is -2.14. The third-order valence-corrected chi connectivity index (χ3v) is 6.10. The highest BCUT2D eigenvalue weighted by Crippen LogP contribution is 2.45. The number of aliphatic carboxylic acids is 1. The largest absolute Gasteiger partial charge is 0.497 e. The minimum atomic E-state index is -4.44. The van der Waals surface area contributed by atoms with Gasteiger partial charge in [0.15, 0.2) is 0 Å². The first-order valence-corrected chi connectivity index (χ1v) is 12.0. The number of methoxy groups -OCH3 is 1. The fraction of sp³-hybridized carbons (Fsp3) is 0.370. The van der Waals surface area contributed by atoms with E-state index >= 15 is 0 Å². The topological polar surface area (TPSA) is 90.8 Å². The molecule has 1 aliphatic carbocycles. The van der Waals surface area contributed by atoms with E-state index < -0.39 is 31.0 Å². The Morgan fingerprint density at radius 3 is 2.61 bits per heavy atom. The minimum absolute atomic E-state index is 0.0283. The molecule has 0 aliphatic heterocycles. The van der Waals surface area contributed by atoms with Crippen LogP contribution < -0.4 is 14.2 Å². The van der Waals surface area contributed by atoms with Gasteiger partial charge in [-0.3, -0.25) is 4.79 Å². The summed E-state index contributed by atoms with van der Waals surface area (Å²) in [5.41, 5.74) is 0.992. The lowest BCUT2D eigenvalue weighted by molar-refractivity contribution is -0.140. The highest BCUT2D eigenvalue weighted by atomic mass is 19.4. The summed E-state index contributed by atoms with van der Waals surface area (Å²) in [4.78, 5) is 19.8. The Kier molecular flexibility index (Phi) is 8.33. The Labute approximate surface area is 216 Å². The lowest BCUT2D eigenvalue weighted by atomic mass is 9.91. The van der Waals surface area contributed by atoms with Crippen LogP contribution in [0.1, 0.15) is 42.9 Å². The molecule has 4 rings (SSSR count). The number of hydrogen-bond acceptors (Lipinski definition) is 6. The summed E-state index contributed by atoms with van der Waals surface area (Å²) >= 11 is 0. The third kappa shape index (κ3) is 7.33. The van der Waals surface area contributed by atoms with Crippen molar-refractivity contribution < 1.29 is 41.7 Å². The number of carboxylic acids is 1. The van der Waals surface area contributed by atoms with Crippen molar-refractivity contribution in [3.05, 3.63) is 65.7 Å². The number of hydrogen-bond donors (Lipinski definition) is 1. The monoisotopic (exact) mass is 534 g/mol. The molecule has 0 radical (unpaired) electrons. The molecule has 2 aromatic carbocycles. The van der Waals surface area contributed by atoms with E-state index in [9.17, 15) is 27.5 Å². The maximum absolute atomic E-state index is 14.6. The summed E-state index contributed by atoms with van der Waals surface area (Å²) in [6.07, 6.45) is -2.35. The number of halogens is 4. The van der Waals surface area contributed by atoms with Crippen molar-refractivity contribution in [3.8, 4) is 28.6 Å². The Hall–Kier alpha value is -3.89. The normalized spacial score (nSPS) is 14.1. The highest BCUT2D eigenvalue weighted by Gasteiger charge is 2.34. The molecule has 1 N–H and O–H groups in total. The van der Waals surface area contributed by atoms with Gasteiger partial charge in [0.2, 0.25) is 5.88 Å². The fourth-order valence-corrected chi connectivity index (χ4v) is 4.07. The van der Waals surface area contributed by atoms with Crippen LogP contribution in [-0.2, 0) is 11.4 Å². The van der Waals surface area contributed by atoms with Crippen LogP contribution in [0.25, 0.3) is 11.3 Å². The van der Waals surface area contributed by atoms with E-state index in [1.807, 2.05) is 6.07 Å². The van der Waals surface area contributed by atoms with Crippen LogP contribution in [0, 0.1) is 11.7 Å². The van der Waals surface area contributed by atoms with Crippen LogP contribution in [0.3, 0.4) is 0 Å². The van der Waals surface area contributed by atoms with Gasteiger partial charge in [0.25, 0.3) is 0 Å². The summed E-state index contributed by atoms with van der Waals surface area (Å²) < 4.78 is 68.9. The van der Waals surface area contributed by atoms with E-state index in [4.69, 9.17) is 14.2 Å². The van der Waals surface area contributed by atoms with Gasteiger partial charge in [-0.2, -0.15) is 13.2 Å². The maximum Gasteiger partial charge on any atom is 0.392 e. The Morgan fingerprint density at radius 1 is 1.13 bits per heavy atom. The summed E-state index contributed by atoms with van der Waals surface area (Å²) in [6, 6.07) is 11.0. The number of benzene rings is 2. The lowest BCUT2D eigenvalue weighted by Gasteiger charge is -2.16. The molecule has 202 valence electrons. The minimum Gasteiger partial charge on any atom is -0.497 e. The van der Waals surface area contributed by atoms with Crippen molar-refractivity contribution in [2.45, 2.75) is 44.4 Å². The summed E-state index contributed by atoms with van der Waals surface area (Å²) in [5, 5.41) is 9.28. The molecule has 1 atom stereocenters. The van der Waals surface area contributed by atoms with Crippen LogP contribution in [0.5, 0.6) is 17.4 Å². The Morgan fingerprint density at radius 2 is 1.92 bits per heavy atom. The molecule has 0 saturated heterocycles. The molecule has 0 bridgehead atoms. The molecule has 38 heavy (non-hydrogen) atoms. The smallest absolute Gasteiger partial charge is 0.392 e. The van der Waals surface area contributed by atoms with Gasteiger partial charge in [-0.05, 0) is 60.6 Å². The van der Waals surface area contributed by atoms with Crippen LogP contribution in [0.15, 0.2) is 48.7 Å². The van der Waals surface area contributed by atoms with Gasteiger partial charge in [-0.25, -0.2) is 14.4 Å². The zero-order valence-corrected chi connectivity index (χ0v) is 20.5. The summed E-state index contributed by atoms with van der Waals surface area (Å²) in [6.45, 7) is -0.824. The number of carboxylic acid groups (broad SMARTS) is 1. The molecule has 3 aromatic rings. The van der Waals surface area contributed by atoms with Crippen molar-refractivity contribution in [1.29, 1.82) is 0 Å². The van der Waals surface area contributed by atoms with Crippen molar-refractivity contribution in [2.75, 3.05) is 13.7 Å². The van der Waals surface area contributed by atoms with Crippen molar-refractivity contribution in [3.63, 3.8) is 0 Å². The molecule has 0 amide bonds. The van der Waals surface area contributed by atoms with Crippen LogP contribution >= 0.6 is 0 Å². The molecule has 1 aromatic heterocycles. The molecule has 7 nitrogen and oxygen atoms in total. The van der Waals surface area contributed by atoms with E-state index in [1.165, 1.54) is 25.4 Å². The molecule has 1 fully saturated rings. The fourth-order valence-electron chi connectivity index (χ4n) is 4.07. The highest BCUT2D eigenvalue weighted by molar-refractivity contribution is 5.68. The zero-order valence-electron chi connectivity index (χ0n) is 20.5. The van der Waals surface area contributed by atoms with Gasteiger partial charge in [-0.1, -0.05) is 12.1 Å². The third-order valence-electron chi connectivity index (χ3n) is 6.10. The summed E-state index contributed by atoms with van der Waals surface area (Å²) in [5.74, 6) is -0.796. The quantitative estimate of drug-likeness (QED) is 0.278. The predicted octanol–water partition coefficient (Wildman–Crippen LogP) is 6.17. The van der Waals surface area contributed by atoms with E-state index in [2.05, 4.69) is 9.97 Å². The molecular formula is C27H26F4N2O5. The Balaban J connectivity index is 1.55. The van der Waals surface area contributed by atoms with Crippen LogP contribution in [0.2, 0.25) is 0 Å². The zero-order chi connectivity index (χ0) is 27.3. The van der Waals surface area contributed by atoms with Crippen LogP contribution in [-0.4, -0.2) is 40.9 Å². The molecule has 1 saturated carbocycles. The first-order valence-electron chi connectivity index (χ1n) is 12.0. The van der Waals surface area contributed by atoms with Crippen LogP contribution in [0.4, 0.5) is 17.6 Å².